The molecule has 0 amide bonds. The van der Waals surface area contributed by atoms with Gasteiger partial charge in [-0.1, -0.05) is 84.0 Å². The number of hydrogen-bond acceptors (Lipinski definition) is 5. The van der Waals surface area contributed by atoms with E-state index in [1.165, 1.54) is 87.6 Å². The van der Waals surface area contributed by atoms with Gasteiger partial charge in [0.25, 0.3) is 6.71 Å². The van der Waals surface area contributed by atoms with Crippen LogP contribution in [0.15, 0.2) is 72.8 Å². The maximum atomic E-state index is 6.12. The van der Waals surface area contributed by atoms with Crippen molar-refractivity contribution in [3.05, 3.63) is 112 Å². The summed E-state index contributed by atoms with van der Waals surface area (Å²) < 4.78 is 14.8. The molecule has 3 aliphatic heterocycles. The van der Waals surface area contributed by atoms with Crippen molar-refractivity contribution in [3.63, 3.8) is 0 Å². The van der Waals surface area contributed by atoms with E-state index in [0.29, 0.717) is 0 Å². The van der Waals surface area contributed by atoms with E-state index >= 15 is 0 Å². The number of aryl methyl sites for hydroxylation is 4. The van der Waals surface area contributed by atoms with E-state index in [-0.39, 0.29) is 24.3 Å². The molecule has 0 bridgehead atoms. The van der Waals surface area contributed by atoms with Crippen molar-refractivity contribution in [2.75, 3.05) is 16.6 Å². The van der Waals surface area contributed by atoms with Gasteiger partial charge in [-0.25, -0.2) is 0 Å². The minimum absolute atomic E-state index is 0.00640. The summed E-state index contributed by atoms with van der Waals surface area (Å²) in [5, 5.41) is 1.31. The second-order valence-electron chi connectivity index (χ2n) is 17.3. The van der Waals surface area contributed by atoms with Crippen LogP contribution in [0, 0.1) is 34.6 Å². The fourth-order valence-corrected chi connectivity index (χ4v) is 10.3. The van der Waals surface area contributed by atoms with Crippen molar-refractivity contribution in [2.24, 2.45) is 0 Å². The molecule has 1 aromatic heterocycles. The molecule has 0 spiro atoms. The maximum absolute atomic E-state index is 6.12. The van der Waals surface area contributed by atoms with Crippen molar-refractivity contribution >= 4 is 78.0 Å². The zero-order valence-electron chi connectivity index (χ0n) is 32.3. The van der Waals surface area contributed by atoms with Gasteiger partial charge in [0, 0.05) is 37.5 Å². The second kappa shape index (κ2) is 11.2. The molecule has 5 aromatic carbocycles. The Labute approximate surface area is 313 Å². The summed E-state index contributed by atoms with van der Waals surface area (Å²) in [5.41, 5.74) is 19.1. The Morgan fingerprint density at radius 2 is 1.29 bits per heavy atom. The fourth-order valence-electron chi connectivity index (χ4n) is 8.95. The minimum Gasteiger partial charge on any atom is -0.454 e. The van der Waals surface area contributed by atoms with Crippen LogP contribution in [-0.4, -0.2) is 13.5 Å². The smallest absolute Gasteiger partial charge is 0.264 e. The van der Waals surface area contributed by atoms with Gasteiger partial charge in [0.15, 0.2) is 11.5 Å². The fraction of sp³-hybridized carbons (Fsp3) is 0.304. The molecule has 4 heterocycles. The number of fused-ring (bicyclic) bond motifs is 7. The molecule has 3 aliphatic rings. The monoisotopic (exact) mass is 702 g/mol. The van der Waals surface area contributed by atoms with Crippen LogP contribution >= 0.6 is 11.3 Å². The van der Waals surface area contributed by atoms with Gasteiger partial charge in [0.05, 0.1) is 17.1 Å². The van der Waals surface area contributed by atoms with Gasteiger partial charge in [-0.3, -0.25) is 0 Å². The minimum atomic E-state index is -0.00640. The van der Waals surface area contributed by atoms with Crippen LogP contribution in [0.25, 0.3) is 10.1 Å². The van der Waals surface area contributed by atoms with Gasteiger partial charge in [0.2, 0.25) is 6.79 Å². The molecule has 0 fully saturated rings. The Morgan fingerprint density at radius 3 is 1.98 bits per heavy atom. The van der Waals surface area contributed by atoms with Crippen LogP contribution in [0.2, 0.25) is 0 Å². The lowest BCUT2D eigenvalue weighted by Gasteiger charge is -2.45. The topological polar surface area (TPSA) is 24.9 Å². The molecule has 52 heavy (non-hydrogen) atoms. The molecule has 4 nitrogen and oxygen atoms in total. The summed E-state index contributed by atoms with van der Waals surface area (Å²) in [6.07, 6.45) is 0. The molecule has 0 N–H and O–H groups in total. The van der Waals surface area contributed by atoms with Crippen LogP contribution in [-0.2, 0) is 10.8 Å². The molecule has 6 aromatic rings. The van der Waals surface area contributed by atoms with E-state index in [1.54, 1.807) is 0 Å². The highest BCUT2D eigenvalue weighted by Crippen LogP contribution is 2.52. The standard InChI is InChI=1S/C46H47BN2O2S/c1-25-18-35-39-36(19-25)49(40-26(2)20-31(21-27(40)3)46(9,10)11)42-32-14-12-13-15-38(32)52-44(42)47(39)33-23-30(45(6,7)8)16-17-34(33)48(35)41-28(4)22-37-43(29(41)5)51-24-50-37/h12-23H,24H2,1-11H3. The average molecular weight is 703 g/mol. The van der Waals surface area contributed by atoms with Crippen molar-refractivity contribution in [1.82, 2.24) is 0 Å². The van der Waals surface area contributed by atoms with Gasteiger partial charge in [-0.2, -0.15) is 0 Å². The first kappa shape index (κ1) is 33.2. The number of thiophene rings is 1. The predicted molar refractivity (Wildman–Crippen MR) is 223 cm³/mol. The lowest BCUT2D eigenvalue weighted by molar-refractivity contribution is 0.173. The number of nitrogens with zero attached hydrogens (tertiary/aromatic N) is 2. The van der Waals surface area contributed by atoms with Crippen molar-refractivity contribution in [2.45, 2.75) is 87.0 Å². The highest BCUT2D eigenvalue weighted by atomic mass is 32.1. The Morgan fingerprint density at radius 1 is 0.635 bits per heavy atom. The summed E-state index contributed by atoms with van der Waals surface area (Å²) in [6.45, 7) is 25.5. The first-order valence-electron chi connectivity index (χ1n) is 18.6. The third-order valence-corrected chi connectivity index (χ3v) is 12.7. The lowest BCUT2D eigenvalue weighted by atomic mass is 9.36. The number of benzene rings is 5. The van der Waals surface area contributed by atoms with Crippen molar-refractivity contribution in [3.8, 4) is 11.5 Å². The SMILES string of the molecule is Cc1cc2c3c(c1)N(c1c(C)cc(C(C)(C)C)cc1C)c1c(sc4ccccc14)B3c1cc(C(C)(C)C)ccc1N2c1c(C)cc2c(c1C)OCO2. The number of hydrogen-bond donors (Lipinski definition) is 0. The van der Waals surface area contributed by atoms with Crippen molar-refractivity contribution < 1.29 is 9.47 Å². The summed E-state index contributed by atoms with van der Waals surface area (Å²) in [4.78, 5) is 5.17. The summed E-state index contributed by atoms with van der Waals surface area (Å²) >= 11 is 1.96. The molecular formula is C46H47BN2O2S. The van der Waals surface area contributed by atoms with E-state index < -0.39 is 0 Å². The van der Waals surface area contributed by atoms with Crippen LogP contribution in [0.4, 0.5) is 34.1 Å². The normalized spacial score (nSPS) is 14.6. The Hall–Kier alpha value is -4.68. The molecule has 262 valence electrons. The molecule has 0 aliphatic carbocycles. The van der Waals surface area contributed by atoms with Gasteiger partial charge < -0.3 is 19.3 Å². The first-order chi connectivity index (χ1) is 24.6. The molecule has 0 saturated heterocycles. The maximum Gasteiger partial charge on any atom is 0.264 e. The zero-order valence-corrected chi connectivity index (χ0v) is 33.1. The quantitative estimate of drug-likeness (QED) is 0.168. The molecule has 6 heteroatoms. The largest absolute Gasteiger partial charge is 0.454 e. The number of rotatable bonds is 2. The molecule has 0 unspecified atom stereocenters. The second-order valence-corrected chi connectivity index (χ2v) is 18.3. The highest BCUT2D eigenvalue weighted by molar-refractivity contribution is 7.33. The summed E-state index contributed by atoms with van der Waals surface area (Å²) in [7, 11) is 0. The summed E-state index contributed by atoms with van der Waals surface area (Å²) in [6, 6.07) is 28.1. The molecule has 9 rings (SSSR count). The molecule has 0 radical (unpaired) electrons. The van der Waals surface area contributed by atoms with E-state index in [4.69, 9.17) is 9.47 Å². The van der Waals surface area contributed by atoms with Crippen LogP contribution in [0.1, 0.15) is 80.5 Å². The third-order valence-electron chi connectivity index (χ3n) is 11.4. The van der Waals surface area contributed by atoms with Crippen LogP contribution in [0.3, 0.4) is 0 Å². The van der Waals surface area contributed by atoms with E-state index in [1.807, 2.05) is 11.3 Å². The lowest BCUT2D eigenvalue weighted by Crippen LogP contribution is -2.60. The third kappa shape index (κ3) is 4.72. The average Bonchev–Trinajstić information content (AvgIpc) is 3.70. The summed E-state index contributed by atoms with van der Waals surface area (Å²) in [5.74, 6) is 1.67. The van der Waals surface area contributed by atoms with Gasteiger partial charge in [-0.05, 0) is 120 Å². The molecule has 0 saturated carbocycles. The van der Waals surface area contributed by atoms with Gasteiger partial charge in [0.1, 0.15) is 0 Å². The Balaban J connectivity index is 1.43. The van der Waals surface area contributed by atoms with E-state index in [0.717, 1.165) is 22.7 Å². The molecule has 0 atom stereocenters. The van der Waals surface area contributed by atoms with Gasteiger partial charge in [-0.15, -0.1) is 11.3 Å². The van der Waals surface area contributed by atoms with Crippen LogP contribution < -0.4 is 35.0 Å². The van der Waals surface area contributed by atoms with Crippen LogP contribution in [0.5, 0.6) is 11.5 Å². The Bertz CT molecular complexity index is 2480. The first-order valence-corrected chi connectivity index (χ1v) is 19.4. The Kier molecular flexibility index (Phi) is 7.12. The predicted octanol–water partition coefficient (Wildman–Crippen LogP) is 10.8. The van der Waals surface area contributed by atoms with Crippen molar-refractivity contribution in [1.29, 1.82) is 0 Å². The highest BCUT2D eigenvalue weighted by Gasteiger charge is 2.46. The van der Waals surface area contributed by atoms with Gasteiger partial charge >= 0.3 is 0 Å². The van der Waals surface area contributed by atoms with E-state index in [2.05, 4.69) is 159 Å². The number of ether oxygens (including phenoxy) is 2. The molecular weight excluding hydrogens is 655 g/mol. The zero-order chi connectivity index (χ0) is 36.6. The van der Waals surface area contributed by atoms with E-state index in [9.17, 15) is 0 Å². The number of anilines is 6.